The number of hydrogen-bond donors (Lipinski definition) is 3. The molecule has 9 nitrogen and oxygen atoms in total. The molecule has 1 aliphatic heterocycles. The van der Waals surface area contributed by atoms with Crippen LogP contribution in [0.2, 0.25) is 0 Å². The van der Waals surface area contributed by atoms with Crippen molar-refractivity contribution in [1.82, 2.24) is 20.4 Å². The quantitative estimate of drug-likeness (QED) is 0.405. The molecule has 3 amide bonds. The van der Waals surface area contributed by atoms with E-state index in [0.717, 1.165) is 22.2 Å². The summed E-state index contributed by atoms with van der Waals surface area (Å²) in [7, 11) is 1.55. The fourth-order valence-corrected chi connectivity index (χ4v) is 4.44. The first-order valence-corrected chi connectivity index (χ1v) is 10.4. The van der Waals surface area contributed by atoms with E-state index in [1.807, 2.05) is 32.0 Å². The minimum absolute atomic E-state index is 0.00191. The van der Waals surface area contributed by atoms with Gasteiger partial charge in [0.1, 0.15) is 11.5 Å². The predicted molar refractivity (Wildman–Crippen MR) is 120 cm³/mol. The number of fused-ring (bicyclic) bond motifs is 1. The summed E-state index contributed by atoms with van der Waals surface area (Å²) < 4.78 is 12.1. The van der Waals surface area contributed by atoms with Crippen LogP contribution < -0.4 is 15.4 Å². The van der Waals surface area contributed by atoms with E-state index in [2.05, 4.69) is 15.8 Å². The summed E-state index contributed by atoms with van der Waals surface area (Å²) >= 11 is 0. The number of aryl methyl sites for hydroxylation is 2. The van der Waals surface area contributed by atoms with Crippen molar-refractivity contribution in [3.05, 3.63) is 65.7 Å². The molecule has 1 saturated heterocycles. The number of nitrogens with one attached hydrogen (secondary N) is 2. The normalized spacial score (nSPS) is 17.9. The molecule has 0 saturated carbocycles. The Hall–Kier alpha value is -4.27. The standard InChI is InChI=1S/C24H22N4O5/c1-13-20(14(2)33-27-13)15-4-7-17(8-5-15)24(22(30)25-23(31)26-24)12-28-11-16-6-9-18(32-3)10-19(16)21(28)29/h4-11,29H,12H2,1-3H3,(H2,25,26,30,31)/t24-/m0/s1. The van der Waals surface area contributed by atoms with Crippen LogP contribution in [-0.2, 0) is 16.9 Å². The topological polar surface area (TPSA) is 119 Å². The lowest BCUT2D eigenvalue weighted by molar-refractivity contribution is -0.124. The first kappa shape index (κ1) is 20.6. The molecule has 33 heavy (non-hydrogen) atoms. The number of hydrogen-bond acceptors (Lipinski definition) is 6. The molecule has 3 heterocycles. The Morgan fingerprint density at radius 3 is 2.52 bits per heavy atom. The smallest absolute Gasteiger partial charge is 0.322 e. The number of methoxy groups -OCH3 is 1. The summed E-state index contributed by atoms with van der Waals surface area (Å²) in [4.78, 5) is 25.2. The number of carbonyl (C=O) groups excluding carboxylic acids is 2. The highest BCUT2D eigenvalue weighted by atomic mass is 16.5. The third-order valence-electron chi connectivity index (χ3n) is 6.12. The average molecular weight is 446 g/mol. The van der Waals surface area contributed by atoms with E-state index >= 15 is 0 Å². The molecule has 1 atom stereocenters. The number of carbonyl (C=O) groups is 2. The summed E-state index contributed by atoms with van der Waals surface area (Å²) in [5.74, 6) is 0.783. The summed E-state index contributed by atoms with van der Waals surface area (Å²) in [5.41, 5.74) is 1.72. The summed E-state index contributed by atoms with van der Waals surface area (Å²) in [6.45, 7) is 3.70. The van der Waals surface area contributed by atoms with Crippen LogP contribution >= 0.6 is 0 Å². The minimum Gasteiger partial charge on any atom is -0.497 e. The Balaban J connectivity index is 1.58. The van der Waals surface area contributed by atoms with Gasteiger partial charge in [-0.1, -0.05) is 29.4 Å². The van der Waals surface area contributed by atoms with Gasteiger partial charge in [-0.05, 0) is 43.2 Å². The number of benzene rings is 2. The monoisotopic (exact) mass is 446 g/mol. The molecule has 0 radical (unpaired) electrons. The molecule has 168 valence electrons. The highest BCUT2D eigenvalue weighted by Crippen LogP contribution is 2.36. The number of amides is 3. The van der Waals surface area contributed by atoms with Crippen LogP contribution in [0.1, 0.15) is 17.0 Å². The Bertz CT molecular complexity index is 1380. The van der Waals surface area contributed by atoms with Gasteiger partial charge < -0.3 is 24.3 Å². The van der Waals surface area contributed by atoms with E-state index in [-0.39, 0.29) is 12.4 Å². The van der Waals surface area contributed by atoms with Gasteiger partial charge in [0.2, 0.25) is 0 Å². The lowest BCUT2D eigenvalue weighted by Gasteiger charge is -2.27. The highest BCUT2D eigenvalue weighted by molar-refractivity contribution is 6.07. The van der Waals surface area contributed by atoms with Gasteiger partial charge in [-0.15, -0.1) is 0 Å². The molecule has 0 spiro atoms. The van der Waals surface area contributed by atoms with Gasteiger partial charge in [0.25, 0.3) is 5.91 Å². The van der Waals surface area contributed by atoms with E-state index in [1.165, 1.54) is 0 Å². The number of imide groups is 1. The number of aromatic hydroxyl groups is 1. The van der Waals surface area contributed by atoms with E-state index in [4.69, 9.17) is 9.26 Å². The lowest BCUT2D eigenvalue weighted by atomic mass is 9.88. The molecule has 9 heteroatoms. The molecule has 2 aromatic carbocycles. The van der Waals surface area contributed by atoms with Crippen molar-refractivity contribution >= 4 is 22.7 Å². The van der Waals surface area contributed by atoms with Crippen LogP contribution in [0.4, 0.5) is 4.79 Å². The van der Waals surface area contributed by atoms with Gasteiger partial charge in [0, 0.05) is 22.5 Å². The van der Waals surface area contributed by atoms with Gasteiger partial charge in [-0.25, -0.2) is 4.79 Å². The minimum atomic E-state index is -1.40. The number of nitrogens with zero attached hydrogens (tertiary/aromatic N) is 2. The molecule has 2 aromatic heterocycles. The van der Waals surface area contributed by atoms with E-state index < -0.39 is 17.5 Å². The fourth-order valence-electron chi connectivity index (χ4n) is 4.44. The molecular weight excluding hydrogens is 424 g/mol. The van der Waals surface area contributed by atoms with Crippen LogP contribution in [0, 0.1) is 13.8 Å². The number of urea groups is 1. The van der Waals surface area contributed by atoms with Gasteiger partial charge in [0.15, 0.2) is 11.4 Å². The fraction of sp³-hybridized carbons (Fsp3) is 0.208. The summed E-state index contributed by atoms with van der Waals surface area (Å²) in [6, 6.07) is 12.0. The van der Waals surface area contributed by atoms with Crippen LogP contribution in [0.5, 0.6) is 11.6 Å². The lowest BCUT2D eigenvalue weighted by Crippen LogP contribution is -2.47. The predicted octanol–water partition coefficient (Wildman–Crippen LogP) is 3.36. The molecule has 0 aliphatic carbocycles. The third kappa shape index (κ3) is 3.20. The SMILES string of the molecule is COc1ccc2cn(C[C@@]3(c4ccc(-c5c(C)noc5C)cc4)NC(=O)NC3=O)c(O)c2c1. The van der Waals surface area contributed by atoms with Crippen molar-refractivity contribution in [3.8, 4) is 22.8 Å². The van der Waals surface area contributed by atoms with E-state index in [0.29, 0.717) is 22.5 Å². The maximum atomic E-state index is 13.0. The maximum Gasteiger partial charge on any atom is 0.322 e. The highest BCUT2D eigenvalue weighted by Gasteiger charge is 2.48. The Kier molecular flexibility index (Phi) is 4.63. The molecular formula is C24H22N4O5. The second-order valence-corrected chi connectivity index (χ2v) is 8.12. The van der Waals surface area contributed by atoms with Gasteiger partial charge in [-0.2, -0.15) is 0 Å². The van der Waals surface area contributed by atoms with Crippen LogP contribution in [-0.4, -0.2) is 33.9 Å². The van der Waals surface area contributed by atoms with Gasteiger partial charge in [-0.3, -0.25) is 10.1 Å². The first-order chi connectivity index (χ1) is 15.8. The summed E-state index contributed by atoms with van der Waals surface area (Å²) in [5, 5.41) is 21.3. The Morgan fingerprint density at radius 1 is 1.15 bits per heavy atom. The molecule has 4 aromatic rings. The van der Waals surface area contributed by atoms with Crippen molar-refractivity contribution in [3.63, 3.8) is 0 Å². The molecule has 0 unspecified atom stereocenters. The zero-order valence-electron chi connectivity index (χ0n) is 18.3. The number of rotatable bonds is 5. The molecule has 5 rings (SSSR count). The zero-order valence-corrected chi connectivity index (χ0v) is 18.3. The Morgan fingerprint density at radius 2 is 1.91 bits per heavy atom. The van der Waals surface area contributed by atoms with Crippen LogP contribution in [0.25, 0.3) is 21.9 Å². The van der Waals surface area contributed by atoms with Crippen LogP contribution in [0.15, 0.2) is 53.2 Å². The van der Waals surface area contributed by atoms with Crippen LogP contribution in [0.3, 0.4) is 0 Å². The summed E-state index contributed by atoms with van der Waals surface area (Å²) in [6.07, 6.45) is 1.74. The first-order valence-electron chi connectivity index (χ1n) is 10.4. The molecule has 0 bridgehead atoms. The molecule has 1 aliphatic rings. The van der Waals surface area contributed by atoms with Crippen molar-refractivity contribution < 1.29 is 24.0 Å². The van der Waals surface area contributed by atoms with E-state index in [9.17, 15) is 14.7 Å². The average Bonchev–Trinajstić information content (AvgIpc) is 3.41. The van der Waals surface area contributed by atoms with Gasteiger partial charge in [0.05, 0.1) is 19.3 Å². The number of aromatic nitrogens is 2. The Labute approximate surface area is 188 Å². The van der Waals surface area contributed by atoms with Crippen molar-refractivity contribution in [2.75, 3.05) is 7.11 Å². The second kappa shape index (κ2) is 7.40. The molecule has 1 fully saturated rings. The third-order valence-corrected chi connectivity index (χ3v) is 6.12. The molecule has 3 N–H and O–H groups in total. The number of ether oxygens (including phenoxy) is 1. The van der Waals surface area contributed by atoms with Gasteiger partial charge >= 0.3 is 6.03 Å². The van der Waals surface area contributed by atoms with Crippen molar-refractivity contribution in [2.24, 2.45) is 0 Å². The largest absolute Gasteiger partial charge is 0.497 e. The van der Waals surface area contributed by atoms with Crippen molar-refractivity contribution in [2.45, 2.75) is 25.9 Å². The van der Waals surface area contributed by atoms with Crippen molar-refractivity contribution in [1.29, 1.82) is 0 Å². The zero-order chi connectivity index (χ0) is 23.3. The van der Waals surface area contributed by atoms with E-state index in [1.54, 1.807) is 42.1 Å². The second-order valence-electron chi connectivity index (χ2n) is 8.12. The maximum absolute atomic E-state index is 13.0.